The van der Waals surface area contributed by atoms with E-state index >= 15 is 13.2 Å². The molecule has 3 aromatic rings. The lowest BCUT2D eigenvalue weighted by atomic mass is 9.94. The summed E-state index contributed by atoms with van der Waals surface area (Å²) >= 11 is 0. The van der Waals surface area contributed by atoms with Gasteiger partial charge in [0.2, 0.25) is 0 Å². The number of rotatable bonds is 8. The summed E-state index contributed by atoms with van der Waals surface area (Å²) in [4.78, 5) is 49.2. The van der Waals surface area contributed by atoms with Crippen molar-refractivity contribution in [3.8, 4) is 46.7 Å². The fourth-order valence-electron chi connectivity index (χ4n) is 3.82. The molecule has 11 heteroatoms. The van der Waals surface area contributed by atoms with E-state index in [4.69, 9.17) is 18.9 Å². The third-order valence-electron chi connectivity index (χ3n) is 6.51. The standard InChI is InChI=1S/C40H31F3O8/c1-22(2)36(44)48-29-16-10-27(11-17-29)14-20-31-26(9)34(50-38(46)24(5)6)32(33(40(41,42)43)35(31)51-39(47)25(7)8)21-15-28-12-18-30(19-13-28)49-37(45)23(3)4/h10-13,16-19H,1,3,5,7H2,2,4,6,8-9H3. The molecule has 3 aromatic carbocycles. The molecular formula is C40H31F3O8. The lowest BCUT2D eigenvalue weighted by Crippen LogP contribution is -2.20. The maximum Gasteiger partial charge on any atom is 0.421 e. The number of carbonyl (C=O) groups is 4. The van der Waals surface area contributed by atoms with Crippen molar-refractivity contribution in [2.45, 2.75) is 40.8 Å². The van der Waals surface area contributed by atoms with Crippen LogP contribution in [0.2, 0.25) is 0 Å². The van der Waals surface area contributed by atoms with Gasteiger partial charge in [0.15, 0.2) is 11.5 Å². The summed E-state index contributed by atoms with van der Waals surface area (Å²) in [5.74, 6) is 5.50. The predicted molar refractivity (Wildman–Crippen MR) is 183 cm³/mol. The average molecular weight is 697 g/mol. The van der Waals surface area contributed by atoms with Crippen LogP contribution in [-0.2, 0) is 25.4 Å². The molecule has 0 bridgehead atoms. The van der Waals surface area contributed by atoms with Gasteiger partial charge in [-0.05, 0) is 83.1 Å². The molecule has 3 rings (SSSR count). The van der Waals surface area contributed by atoms with Crippen molar-refractivity contribution in [2.24, 2.45) is 0 Å². The summed E-state index contributed by atoms with van der Waals surface area (Å²) in [5, 5.41) is 0. The molecule has 0 heterocycles. The molecule has 260 valence electrons. The fraction of sp³-hybridized carbons (Fsp3) is 0.150. The van der Waals surface area contributed by atoms with E-state index < -0.39 is 58.2 Å². The molecule has 0 aromatic heterocycles. The summed E-state index contributed by atoms with van der Waals surface area (Å²) in [7, 11) is 0. The fourth-order valence-corrected chi connectivity index (χ4v) is 3.82. The van der Waals surface area contributed by atoms with Gasteiger partial charge in [0.25, 0.3) is 0 Å². The van der Waals surface area contributed by atoms with Crippen molar-refractivity contribution in [3.63, 3.8) is 0 Å². The molecule has 0 unspecified atom stereocenters. The first-order valence-electron chi connectivity index (χ1n) is 14.8. The molecule has 0 fully saturated rings. The minimum atomic E-state index is -5.24. The monoisotopic (exact) mass is 696 g/mol. The van der Waals surface area contributed by atoms with Crippen LogP contribution in [-0.4, -0.2) is 23.9 Å². The maximum atomic E-state index is 15.1. The van der Waals surface area contributed by atoms with Crippen LogP contribution >= 0.6 is 0 Å². The van der Waals surface area contributed by atoms with Crippen molar-refractivity contribution in [2.75, 3.05) is 0 Å². The van der Waals surface area contributed by atoms with Crippen LogP contribution in [0, 0.1) is 30.6 Å². The third kappa shape index (κ3) is 10.2. The van der Waals surface area contributed by atoms with Gasteiger partial charge in [-0.2, -0.15) is 13.2 Å². The topological polar surface area (TPSA) is 105 Å². The molecule has 0 saturated carbocycles. The molecule has 0 spiro atoms. The zero-order chi connectivity index (χ0) is 38.2. The second-order valence-corrected chi connectivity index (χ2v) is 11.1. The minimum Gasteiger partial charge on any atom is -0.423 e. The number of ether oxygens (including phenoxy) is 4. The van der Waals surface area contributed by atoms with Gasteiger partial charge in [0, 0.05) is 39.0 Å². The van der Waals surface area contributed by atoms with Crippen molar-refractivity contribution < 1.29 is 51.3 Å². The Balaban J connectivity index is 2.34. The Bertz CT molecular complexity index is 2110. The number of hydrogen-bond donors (Lipinski definition) is 0. The highest BCUT2D eigenvalue weighted by atomic mass is 19.4. The van der Waals surface area contributed by atoms with Crippen LogP contribution in [0.4, 0.5) is 13.2 Å². The Hall–Kier alpha value is -6.59. The normalized spacial score (nSPS) is 10.3. The first-order chi connectivity index (χ1) is 23.8. The second kappa shape index (κ2) is 16.2. The van der Waals surface area contributed by atoms with E-state index in [1.807, 2.05) is 0 Å². The van der Waals surface area contributed by atoms with E-state index in [0.717, 1.165) is 0 Å². The predicted octanol–water partition coefficient (Wildman–Crippen LogP) is 7.74. The van der Waals surface area contributed by atoms with E-state index in [9.17, 15) is 19.2 Å². The highest BCUT2D eigenvalue weighted by Crippen LogP contribution is 2.47. The van der Waals surface area contributed by atoms with Gasteiger partial charge < -0.3 is 18.9 Å². The molecule has 51 heavy (non-hydrogen) atoms. The zero-order valence-electron chi connectivity index (χ0n) is 28.3. The van der Waals surface area contributed by atoms with E-state index in [-0.39, 0.29) is 50.5 Å². The van der Waals surface area contributed by atoms with Crippen LogP contribution in [0.5, 0.6) is 23.0 Å². The van der Waals surface area contributed by atoms with Gasteiger partial charge in [0.05, 0.1) is 11.1 Å². The van der Waals surface area contributed by atoms with Gasteiger partial charge in [-0.3, -0.25) is 0 Å². The molecule has 0 aliphatic heterocycles. The Kier molecular flexibility index (Phi) is 12.3. The number of benzene rings is 3. The molecule has 0 atom stereocenters. The summed E-state index contributed by atoms with van der Waals surface area (Å²) in [6.45, 7) is 20.8. The number of alkyl halides is 3. The first kappa shape index (κ1) is 38.9. The van der Waals surface area contributed by atoms with Crippen LogP contribution in [0.15, 0.2) is 97.1 Å². The van der Waals surface area contributed by atoms with Crippen molar-refractivity contribution in [1.82, 2.24) is 0 Å². The van der Waals surface area contributed by atoms with Crippen LogP contribution in [0.1, 0.15) is 61.1 Å². The molecular weight excluding hydrogens is 665 g/mol. The number of esters is 4. The Morgan fingerprint density at radius 1 is 0.529 bits per heavy atom. The Labute approximate surface area is 292 Å². The van der Waals surface area contributed by atoms with Crippen molar-refractivity contribution in [3.05, 3.63) is 131 Å². The van der Waals surface area contributed by atoms with Crippen LogP contribution < -0.4 is 18.9 Å². The highest BCUT2D eigenvalue weighted by Gasteiger charge is 2.42. The molecule has 0 radical (unpaired) electrons. The van der Waals surface area contributed by atoms with E-state index in [0.29, 0.717) is 0 Å². The van der Waals surface area contributed by atoms with Gasteiger partial charge in [-0.15, -0.1) is 0 Å². The van der Waals surface area contributed by atoms with Gasteiger partial charge in [-0.25, -0.2) is 19.2 Å². The summed E-state index contributed by atoms with van der Waals surface area (Å²) in [6, 6.07) is 11.2. The van der Waals surface area contributed by atoms with Gasteiger partial charge in [-0.1, -0.05) is 50.0 Å². The molecule has 0 N–H and O–H groups in total. The number of carbonyl (C=O) groups excluding carboxylic acids is 4. The summed E-state index contributed by atoms with van der Waals surface area (Å²) in [6.07, 6.45) is -5.24. The van der Waals surface area contributed by atoms with E-state index in [1.54, 1.807) is 0 Å². The van der Waals surface area contributed by atoms with Crippen LogP contribution in [0.3, 0.4) is 0 Å². The molecule has 0 aliphatic carbocycles. The van der Waals surface area contributed by atoms with E-state index in [1.165, 1.54) is 83.1 Å². The lowest BCUT2D eigenvalue weighted by Gasteiger charge is -2.21. The molecule has 8 nitrogen and oxygen atoms in total. The van der Waals surface area contributed by atoms with Gasteiger partial charge >= 0.3 is 30.1 Å². The first-order valence-corrected chi connectivity index (χ1v) is 14.8. The average Bonchev–Trinajstić information content (AvgIpc) is 3.05. The zero-order valence-corrected chi connectivity index (χ0v) is 28.3. The SMILES string of the molecule is C=C(C)C(=O)Oc1ccc(C#Cc2c(C)c(OC(=O)C(=C)C)c(C#Cc3ccc(OC(=O)C(=C)C)cc3)c(C(F)(F)F)c2OC(=O)C(=C)C)cc1. The largest absolute Gasteiger partial charge is 0.423 e. The quantitative estimate of drug-likeness (QED) is 0.102. The lowest BCUT2D eigenvalue weighted by molar-refractivity contribution is -0.142. The summed E-state index contributed by atoms with van der Waals surface area (Å²) in [5.41, 5.74) is -2.47. The van der Waals surface area contributed by atoms with Crippen LogP contribution in [0.25, 0.3) is 0 Å². The molecule has 0 aliphatic rings. The second-order valence-electron chi connectivity index (χ2n) is 11.1. The highest BCUT2D eigenvalue weighted by molar-refractivity contribution is 5.92. The van der Waals surface area contributed by atoms with Crippen molar-refractivity contribution in [1.29, 1.82) is 0 Å². The number of hydrogen-bond acceptors (Lipinski definition) is 8. The maximum absolute atomic E-state index is 15.1. The summed E-state index contributed by atoms with van der Waals surface area (Å²) < 4.78 is 66.3. The molecule has 0 saturated heterocycles. The minimum absolute atomic E-state index is 0.118. The van der Waals surface area contributed by atoms with Gasteiger partial charge in [0.1, 0.15) is 17.1 Å². The third-order valence-corrected chi connectivity index (χ3v) is 6.51. The van der Waals surface area contributed by atoms with E-state index in [2.05, 4.69) is 50.0 Å². The Morgan fingerprint density at radius 2 is 0.863 bits per heavy atom. The van der Waals surface area contributed by atoms with Crippen molar-refractivity contribution >= 4 is 23.9 Å². The number of halogens is 3. The molecule has 0 amide bonds. The Morgan fingerprint density at radius 3 is 1.22 bits per heavy atom. The smallest absolute Gasteiger partial charge is 0.421 e.